The number of aliphatic hydroxyl groups is 1. The monoisotopic (exact) mass is 327 g/mol. The summed E-state index contributed by atoms with van der Waals surface area (Å²) in [4.78, 5) is 12.7. The molecule has 2 N–H and O–H groups in total. The molecule has 0 saturated carbocycles. The molecule has 0 radical (unpaired) electrons. The van der Waals surface area contributed by atoms with E-state index < -0.39 is 5.60 Å². The van der Waals surface area contributed by atoms with Crippen LogP contribution in [0.5, 0.6) is 0 Å². The van der Waals surface area contributed by atoms with E-state index in [0.717, 1.165) is 15.0 Å². The summed E-state index contributed by atoms with van der Waals surface area (Å²) < 4.78 is 6.24. The zero-order valence-corrected chi connectivity index (χ0v) is 13.5. The molecule has 0 aliphatic rings. The number of rotatable bonds is 5. The fourth-order valence-electron chi connectivity index (χ4n) is 2.20. The van der Waals surface area contributed by atoms with Crippen LogP contribution < -0.4 is 5.32 Å². The highest BCUT2D eigenvalue weighted by atomic mass is 32.1. The first-order valence-electron chi connectivity index (χ1n) is 7.25. The van der Waals surface area contributed by atoms with Gasteiger partial charge in [0.2, 0.25) is 5.91 Å². The molecular formula is C18H17NO3S. The van der Waals surface area contributed by atoms with Crippen molar-refractivity contribution in [3.63, 3.8) is 0 Å². The molecule has 23 heavy (non-hydrogen) atoms. The molecule has 4 nitrogen and oxygen atoms in total. The summed E-state index contributed by atoms with van der Waals surface area (Å²) in [6.45, 7) is 1.84. The lowest BCUT2D eigenvalue weighted by Crippen LogP contribution is -2.37. The van der Waals surface area contributed by atoms with Crippen molar-refractivity contribution in [1.82, 2.24) is 5.32 Å². The Bertz CT molecular complexity index is 798. The fourth-order valence-corrected chi connectivity index (χ4v) is 3.30. The predicted molar refractivity (Wildman–Crippen MR) is 92.1 cm³/mol. The molecule has 118 valence electrons. The number of nitrogens with one attached hydrogen (secondary N) is 1. The molecule has 1 atom stereocenters. The van der Waals surface area contributed by atoms with Gasteiger partial charge in [-0.25, -0.2) is 0 Å². The molecule has 0 aliphatic heterocycles. The van der Waals surface area contributed by atoms with Gasteiger partial charge in [0.25, 0.3) is 0 Å². The lowest BCUT2D eigenvalue weighted by molar-refractivity contribution is -0.117. The van der Waals surface area contributed by atoms with E-state index in [9.17, 15) is 9.90 Å². The van der Waals surface area contributed by atoms with E-state index in [1.54, 1.807) is 31.4 Å². The van der Waals surface area contributed by atoms with Crippen molar-refractivity contribution in [2.75, 3.05) is 6.54 Å². The molecule has 0 unspecified atom stereocenters. The molecule has 0 saturated heterocycles. The summed E-state index contributed by atoms with van der Waals surface area (Å²) in [5.74, 6) is 0.333. The maximum Gasteiger partial charge on any atom is 0.244 e. The fraction of sp³-hybridized carbons (Fsp3) is 0.167. The van der Waals surface area contributed by atoms with Crippen LogP contribution >= 0.6 is 11.3 Å². The Hall–Kier alpha value is -2.37. The van der Waals surface area contributed by atoms with Gasteiger partial charge in [-0.15, -0.1) is 11.3 Å². The maximum absolute atomic E-state index is 11.8. The van der Waals surface area contributed by atoms with Crippen molar-refractivity contribution in [3.05, 3.63) is 65.4 Å². The third kappa shape index (κ3) is 3.70. The molecule has 1 amide bonds. The van der Waals surface area contributed by atoms with Crippen LogP contribution in [0.15, 0.2) is 59.2 Å². The second-order valence-corrected chi connectivity index (χ2v) is 6.57. The van der Waals surface area contributed by atoms with Crippen LogP contribution in [-0.2, 0) is 10.4 Å². The number of furan rings is 1. The number of benzene rings is 1. The topological polar surface area (TPSA) is 62.5 Å². The molecule has 3 rings (SSSR count). The lowest BCUT2D eigenvalue weighted by Gasteiger charge is -2.21. The van der Waals surface area contributed by atoms with Crippen LogP contribution in [0, 0.1) is 0 Å². The van der Waals surface area contributed by atoms with E-state index in [4.69, 9.17) is 4.42 Å². The number of carbonyl (C=O) groups excluding carboxylic acids is 1. The smallest absolute Gasteiger partial charge is 0.244 e. The third-order valence-electron chi connectivity index (χ3n) is 3.51. The van der Waals surface area contributed by atoms with E-state index in [0.29, 0.717) is 5.76 Å². The van der Waals surface area contributed by atoms with Crippen molar-refractivity contribution in [2.45, 2.75) is 12.5 Å². The van der Waals surface area contributed by atoms with E-state index >= 15 is 0 Å². The van der Waals surface area contributed by atoms with Crippen LogP contribution in [0.4, 0.5) is 0 Å². The van der Waals surface area contributed by atoms with Crippen molar-refractivity contribution in [3.8, 4) is 0 Å². The Kier molecular flexibility index (Phi) is 4.32. The molecule has 1 aromatic carbocycles. The molecule has 0 aliphatic carbocycles. The molecular weight excluding hydrogens is 310 g/mol. The van der Waals surface area contributed by atoms with Gasteiger partial charge in [0.1, 0.15) is 11.4 Å². The standard InChI is InChI=1S/C18H17NO3S/c1-18(21,16-11-13-5-2-3-7-15(13)23-16)12-19-17(20)9-8-14-6-4-10-22-14/h2-11,21H,12H2,1H3,(H,19,20)/b9-8+/t18-/m0/s1. The Morgan fingerprint density at radius 1 is 1.35 bits per heavy atom. The quantitative estimate of drug-likeness (QED) is 0.705. The summed E-state index contributed by atoms with van der Waals surface area (Å²) in [5, 5.41) is 14.5. The Morgan fingerprint density at radius 3 is 2.91 bits per heavy atom. The maximum atomic E-state index is 11.8. The SMILES string of the molecule is C[C@](O)(CNC(=O)/C=C/c1ccco1)c1cc2ccccc2s1. The van der Waals surface area contributed by atoms with Gasteiger partial charge < -0.3 is 14.8 Å². The zero-order valence-electron chi connectivity index (χ0n) is 12.7. The second kappa shape index (κ2) is 6.40. The average Bonchev–Trinajstić information content (AvgIpc) is 3.20. The van der Waals surface area contributed by atoms with Crippen LogP contribution in [0.2, 0.25) is 0 Å². The van der Waals surface area contributed by atoms with Gasteiger partial charge in [0.15, 0.2) is 0 Å². The average molecular weight is 327 g/mol. The molecule has 0 spiro atoms. The van der Waals surface area contributed by atoms with Gasteiger partial charge in [0, 0.05) is 15.7 Å². The highest BCUT2D eigenvalue weighted by Crippen LogP contribution is 2.32. The van der Waals surface area contributed by atoms with Gasteiger partial charge in [-0.3, -0.25) is 4.79 Å². The number of hydrogen-bond donors (Lipinski definition) is 2. The number of fused-ring (bicyclic) bond motifs is 1. The summed E-state index contributed by atoms with van der Waals surface area (Å²) in [6.07, 6.45) is 4.52. The number of carbonyl (C=O) groups is 1. The minimum absolute atomic E-state index is 0.140. The summed E-state index contributed by atoms with van der Waals surface area (Å²) in [5.41, 5.74) is -1.11. The van der Waals surface area contributed by atoms with Crippen molar-refractivity contribution in [1.29, 1.82) is 0 Å². The summed E-state index contributed by atoms with van der Waals surface area (Å²) in [6, 6.07) is 13.4. The minimum atomic E-state index is -1.11. The van der Waals surface area contributed by atoms with Gasteiger partial charge in [-0.1, -0.05) is 18.2 Å². The third-order valence-corrected chi connectivity index (χ3v) is 4.87. The van der Waals surface area contributed by atoms with Crippen LogP contribution in [0.1, 0.15) is 17.6 Å². The van der Waals surface area contributed by atoms with Crippen LogP contribution in [0.3, 0.4) is 0 Å². The van der Waals surface area contributed by atoms with E-state index in [1.807, 2.05) is 30.3 Å². The van der Waals surface area contributed by atoms with Gasteiger partial charge in [0.05, 0.1) is 12.8 Å². The van der Waals surface area contributed by atoms with E-state index in [-0.39, 0.29) is 12.5 Å². The number of hydrogen-bond acceptors (Lipinski definition) is 4. The van der Waals surface area contributed by atoms with Gasteiger partial charge in [-0.05, 0) is 42.7 Å². The summed E-state index contributed by atoms with van der Waals surface area (Å²) in [7, 11) is 0. The highest BCUT2D eigenvalue weighted by molar-refractivity contribution is 7.19. The normalized spacial score (nSPS) is 14.2. The molecule has 5 heteroatoms. The van der Waals surface area contributed by atoms with Crippen LogP contribution in [0.25, 0.3) is 16.2 Å². The largest absolute Gasteiger partial charge is 0.465 e. The molecule has 0 bridgehead atoms. The van der Waals surface area contributed by atoms with Gasteiger partial charge >= 0.3 is 0 Å². The molecule has 2 aromatic heterocycles. The molecule has 0 fully saturated rings. The van der Waals surface area contributed by atoms with Crippen LogP contribution in [-0.4, -0.2) is 17.6 Å². The summed E-state index contributed by atoms with van der Waals surface area (Å²) >= 11 is 1.53. The van der Waals surface area contributed by atoms with Gasteiger partial charge in [-0.2, -0.15) is 0 Å². The van der Waals surface area contributed by atoms with E-state index in [2.05, 4.69) is 5.32 Å². The van der Waals surface area contributed by atoms with E-state index in [1.165, 1.54) is 17.4 Å². The minimum Gasteiger partial charge on any atom is -0.465 e. The number of amides is 1. The first kappa shape index (κ1) is 15.5. The predicted octanol–water partition coefficient (Wildman–Crippen LogP) is 3.53. The second-order valence-electron chi connectivity index (χ2n) is 5.49. The Balaban J connectivity index is 1.65. The lowest BCUT2D eigenvalue weighted by atomic mass is 10.0. The first-order chi connectivity index (χ1) is 11.0. The Morgan fingerprint density at radius 2 is 2.17 bits per heavy atom. The highest BCUT2D eigenvalue weighted by Gasteiger charge is 2.25. The Labute approximate surface area is 138 Å². The van der Waals surface area contributed by atoms with Crippen molar-refractivity contribution < 1.29 is 14.3 Å². The number of thiophene rings is 1. The van der Waals surface area contributed by atoms with Crippen molar-refractivity contribution >= 4 is 33.4 Å². The first-order valence-corrected chi connectivity index (χ1v) is 8.07. The zero-order chi connectivity index (χ0) is 16.3. The van der Waals surface area contributed by atoms with Crippen molar-refractivity contribution in [2.24, 2.45) is 0 Å². The molecule has 2 heterocycles. The molecule has 3 aromatic rings.